The third-order valence-electron chi connectivity index (χ3n) is 6.14. The first-order valence-corrected chi connectivity index (χ1v) is 11.3. The van der Waals surface area contributed by atoms with E-state index in [-0.39, 0.29) is 24.0 Å². The number of piperidine rings is 1. The lowest BCUT2D eigenvalue weighted by Crippen LogP contribution is -2.54. The molecule has 2 aromatic rings. The highest BCUT2D eigenvalue weighted by molar-refractivity contribution is 6.20. The van der Waals surface area contributed by atoms with Crippen LogP contribution in [0.4, 0.5) is 5.69 Å². The number of benzene rings is 2. The summed E-state index contributed by atoms with van der Waals surface area (Å²) in [4.78, 5) is 49.9. The molecule has 2 aliphatic heterocycles. The predicted molar refractivity (Wildman–Crippen MR) is 127 cm³/mol. The molecule has 2 aromatic carbocycles. The van der Waals surface area contributed by atoms with E-state index in [2.05, 4.69) is 41.9 Å². The number of carbonyl (C=O) groups is 4. The maximum absolute atomic E-state index is 12.9. The maximum Gasteiger partial charge on any atom is 0.278 e. The predicted octanol–water partition coefficient (Wildman–Crippen LogP) is 2.22. The minimum Gasteiger partial charge on any atom is -0.351 e. The van der Waals surface area contributed by atoms with Crippen LogP contribution < -0.4 is 16.0 Å². The van der Waals surface area contributed by atoms with E-state index in [0.29, 0.717) is 5.69 Å². The van der Waals surface area contributed by atoms with Gasteiger partial charge in [-0.15, -0.1) is 0 Å². The van der Waals surface area contributed by atoms with E-state index in [0.717, 1.165) is 23.6 Å². The molecule has 0 bridgehead atoms. The van der Waals surface area contributed by atoms with Gasteiger partial charge in [-0.25, -0.2) is 0 Å². The van der Waals surface area contributed by atoms with Crippen LogP contribution in [0.1, 0.15) is 37.8 Å². The first-order chi connectivity index (χ1) is 16.2. The molecule has 1 saturated heterocycles. The summed E-state index contributed by atoms with van der Waals surface area (Å²) in [5.74, 6) is -2.17. The average molecular weight is 461 g/mol. The quantitative estimate of drug-likeness (QED) is 0.522. The molecular formula is C26H28N4O4. The molecule has 2 aliphatic rings. The Balaban J connectivity index is 1.41. The highest BCUT2D eigenvalue weighted by atomic mass is 16.2. The van der Waals surface area contributed by atoms with Crippen LogP contribution in [0.2, 0.25) is 0 Å². The van der Waals surface area contributed by atoms with Crippen molar-refractivity contribution in [3.8, 4) is 0 Å². The van der Waals surface area contributed by atoms with E-state index in [1.807, 2.05) is 42.5 Å². The van der Waals surface area contributed by atoms with Crippen LogP contribution in [-0.2, 0) is 31.1 Å². The van der Waals surface area contributed by atoms with Crippen LogP contribution >= 0.6 is 0 Å². The van der Waals surface area contributed by atoms with Crippen LogP contribution in [0.15, 0.2) is 66.4 Å². The van der Waals surface area contributed by atoms with E-state index in [4.69, 9.17) is 0 Å². The van der Waals surface area contributed by atoms with Crippen LogP contribution in [0.3, 0.4) is 0 Å². The Morgan fingerprint density at radius 3 is 2.53 bits per heavy atom. The Kier molecular flexibility index (Phi) is 6.61. The fourth-order valence-electron chi connectivity index (χ4n) is 4.19. The zero-order valence-corrected chi connectivity index (χ0v) is 19.3. The van der Waals surface area contributed by atoms with Gasteiger partial charge < -0.3 is 10.6 Å². The lowest BCUT2D eigenvalue weighted by molar-refractivity contribution is -0.149. The summed E-state index contributed by atoms with van der Waals surface area (Å²) >= 11 is 0. The largest absolute Gasteiger partial charge is 0.351 e. The summed E-state index contributed by atoms with van der Waals surface area (Å²) in [6.45, 7) is 5.79. The van der Waals surface area contributed by atoms with Crippen molar-refractivity contribution in [3.05, 3.63) is 77.5 Å². The van der Waals surface area contributed by atoms with Gasteiger partial charge in [-0.3, -0.25) is 29.4 Å². The van der Waals surface area contributed by atoms with Gasteiger partial charge in [0.05, 0.1) is 0 Å². The van der Waals surface area contributed by atoms with Crippen LogP contribution in [-0.4, -0.2) is 41.1 Å². The molecule has 0 aliphatic carbocycles. The number of nitrogens with one attached hydrogen (secondary N) is 3. The topological polar surface area (TPSA) is 108 Å². The second-order valence-electron chi connectivity index (χ2n) is 9.22. The SMILES string of the molecule is CC(C)(CNCc1ccccc1)c1cccc(NC2=CC(=O)N(C3CCC(=O)NC3=O)C2=O)c1. The second-order valence-corrected chi connectivity index (χ2v) is 9.22. The number of amides is 4. The Morgan fingerprint density at radius 1 is 1.03 bits per heavy atom. The third-order valence-corrected chi connectivity index (χ3v) is 6.14. The Labute approximate surface area is 198 Å². The van der Waals surface area contributed by atoms with Crippen molar-refractivity contribution in [1.82, 2.24) is 15.5 Å². The molecule has 8 heteroatoms. The van der Waals surface area contributed by atoms with Crippen molar-refractivity contribution in [2.24, 2.45) is 0 Å². The highest BCUT2D eigenvalue weighted by Gasteiger charge is 2.42. The summed E-state index contributed by atoms with van der Waals surface area (Å²) in [6, 6.07) is 16.9. The molecule has 0 radical (unpaired) electrons. The average Bonchev–Trinajstić information content (AvgIpc) is 3.07. The molecule has 4 rings (SSSR count). The summed E-state index contributed by atoms with van der Waals surface area (Å²) in [6.07, 6.45) is 1.42. The van der Waals surface area contributed by atoms with Gasteiger partial charge in [-0.2, -0.15) is 0 Å². The Hall–Kier alpha value is -3.78. The van der Waals surface area contributed by atoms with Crippen LogP contribution in [0, 0.1) is 0 Å². The van der Waals surface area contributed by atoms with Crippen molar-refractivity contribution >= 4 is 29.3 Å². The lowest BCUT2D eigenvalue weighted by Gasteiger charge is -2.28. The summed E-state index contributed by atoms with van der Waals surface area (Å²) < 4.78 is 0. The van der Waals surface area contributed by atoms with Crippen molar-refractivity contribution < 1.29 is 19.2 Å². The molecule has 0 aromatic heterocycles. The van der Waals surface area contributed by atoms with Gasteiger partial charge in [0.15, 0.2) is 0 Å². The smallest absolute Gasteiger partial charge is 0.278 e. The molecule has 2 heterocycles. The number of rotatable bonds is 8. The minimum atomic E-state index is -0.978. The van der Waals surface area contributed by atoms with E-state index in [1.54, 1.807) is 0 Å². The number of imide groups is 2. The van der Waals surface area contributed by atoms with Gasteiger partial charge in [0.2, 0.25) is 11.8 Å². The Bertz CT molecular complexity index is 1160. The van der Waals surface area contributed by atoms with E-state index < -0.39 is 29.7 Å². The molecule has 0 saturated carbocycles. The monoisotopic (exact) mass is 460 g/mol. The molecule has 34 heavy (non-hydrogen) atoms. The molecule has 1 unspecified atom stereocenters. The van der Waals surface area contributed by atoms with Gasteiger partial charge in [0, 0.05) is 36.7 Å². The fraction of sp³-hybridized carbons (Fsp3) is 0.308. The van der Waals surface area contributed by atoms with E-state index in [9.17, 15) is 19.2 Å². The first-order valence-electron chi connectivity index (χ1n) is 11.3. The molecule has 3 N–H and O–H groups in total. The molecule has 4 amide bonds. The summed E-state index contributed by atoms with van der Waals surface area (Å²) in [5.41, 5.74) is 2.87. The zero-order chi connectivity index (χ0) is 24.3. The Morgan fingerprint density at radius 2 is 1.79 bits per heavy atom. The lowest BCUT2D eigenvalue weighted by atomic mass is 9.84. The summed E-state index contributed by atoms with van der Waals surface area (Å²) in [7, 11) is 0. The van der Waals surface area contributed by atoms with Gasteiger partial charge in [0.25, 0.3) is 11.8 Å². The van der Waals surface area contributed by atoms with Crippen LogP contribution in [0.5, 0.6) is 0 Å². The summed E-state index contributed by atoms with van der Waals surface area (Å²) in [5, 5.41) is 8.72. The first kappa shape index (κ1) is 23.4. The molecular weight excluding hydrogens is 432 g/mol. The van der Waals surface area contributed by atoms with Gasteiger partial charge in [-0.1, -0.05) is 56.3 Å². The van der Waals surface area contributed by atoms with Gasteiger partial charge in [-0.05, 0) is 29.7 Å². The van der Waals surface area contributed by atoms with Gasteiger partial charge in [0.1, 0.15) is 11.7 Å². The van der Waals surface area contributed by atoms with E-state index in [1.165, 1.54) is 11.6 Å². The number of nitrogens with zero attached hydrogens (tertiary/aromatic N) is 1. The third kappa shape index (κ3) is 5.07. The zero-order valence-electron chi connectivity index (χ0n) is 19.3. The normalized spacial score (nSPS) is 18.7. The van der Waals surface area contributed by atoms with Crippen molar-refractivity contribution in [2.75, 3.05) is 11.9 Å². The minimum absolute atomic E-state index is 0.0890. The number of hydrogen-bond acceptors (Lipinski definition) is 6. The van der Waals surface area contributed by atoms with Crippen molar-refractivity contribution in [3.63, 3.8) is 0 Å². The highest BCUT2D eigenvalue weighted by Crippen LogP contribution is 2.27. The van der Waals surface area contributed by atoms with Crippen LogP contribution in [0.25, 0.3) is 0 Å². The molecule has 8 nitrogen and oxygen atoms in total. The van der Waals surface area contributed by atoms with Gasteiger partial charge >= 0.3 is 0 Å². The molecule has 1 atom stereocenters. The van der Waals surface area contributed by atoms with Crippen molar-refractivity contribution in [2.45, 2.75) is 44.7 Å². The fourth-order valence-corrected chi connectivity index (χ4v) is 4.19. The molecule has 0 spiro atoms. The molecule has 1 fully saturated rings. The van der Waals surface area contributed by atoms with E-state index >= 15 is 0 Å². The second kappa shape index (κ2) is 9.61. The maximum atomic E-state index is 12.9. The number of hydrogen-bond donors (Lipinski definition) is 3. The molecule has 176 valence electrons. The van der Waals surface area contributed by atoms with Crippen molar-refractivity contribution in [1.29, 1.82) is 0 Å². The standard InChI is InChI=1S/C26H28N4O4/c1-26(2,16-27-15-17-7-4-3-5-8-17)18-9-6-10-19(13-18)28-20-14-23(32)30(25(20)34)21-11-12-22(31)29-24(21)33/h3-10,13-14,21,27-28H,11-12,15-16H2,1-2H3,(H,29,31,33). The number of carbonyl (C=O) groups excluding carboxylic acids is 4. The number of anilines is 1.